The molecule has 0 spiro atoms. The number of aromatic nitrogens is 3. The monoisotopic (exact) mass is 421 g/mol. The van der Waals surface area contributed by atoms with Crippen LogP contribution in [0.2, 0.25) is 0 Å². The zero-order valence-electron chi connectivity index (χ0n) is 18.1. The summed E-state index contributed by atoms with van der Waals surface area (Å²) in [7, 11) is 1.73. The molecule has 0 saturated carbocycles. The average molecular weight is 422 g/mol. The third kappa shape index (κ3) is 4.94. The van der Waals surface area contributed by atoms with Crippen molar-refractivity contribution >= 4 is 16.9 Å². The summed E-state index contributed by atoms with van der Waals surface area (Å²) in [5.41, 5.74) is 9.33. The van der Waals surface area contributed by atoms with E-state index in [2.05, 4.69) is 27.8 Å². The minimum atomic E-state index is -0.333. The van der Waals surface area contributed by atoms with Crippen molar-refractivity contribution in [2.75, 3.05) is 26.8 Å². The second kappa shape index (κ2) is 10.0. The van der Waals surface area contributed by atoms with E-state index in [4.69, 9.17) is 15.5 Å². The Labute approximate surface area is 183 Å². The molecule has 2 N–H and O–H groups in total. The Balaban J connectivity index is 1.49. The van der Waals surface area contributed by atoms with E-state index in [9.17, 15) is 4.79 Å². The lowest BCUT2D eigenvalue weighted by Gasteiger charge is -2.33. The van der Waals surface area contributed by atoms with Gasteiger partial charge in [-0.1, -0.05) is 18.2 Å². The molecule has 4 rings (SSSR count). The van der Waals surface area contributed by atoms with Crippen LogP contribution in [-0.2, 0) is 16.1 Å². The van der Waals surface area contributed by atoms with Crippen molar-refractivity contribution in [3.63, 3.8) is 0 Å². The third-order valence-electron chi connectivity index (χ3n) is 6.06. The molecule has 3 aromatic rings. The summed E-state index contributed by atoms with van der Waals surface area (Å²) >= 11 is 0. The Morgan fingerprint density at radius 2 is 2.16 bits per heavy atom. The van der Waals surface area contributed by atoms with Crippen molar-refractivity contribution < 1.29 is 9.53 Å². The van der Waals surface area contributed by atoms with E-state index in [0.717, 1.165) is 54.8 Å². The highest BCUT2D eigenvalue weighted by atomic mass is 16.5. The molecule has 1 aliphatic rings. The Bertz CT molecular complexity index is 1000. The molecule has 0 unspecified atom stereocenters. The quantitative estimate of drug-likeness (QED) is 0.564. The number of rotatable bonds is 8. The number of fused-ring (bicyclic) bond motifs is 1. The Morgan fingerprint density at radius 1 is 1.29 bits per heavy atom. The van der Waals surface area contributed by atoms with Gasteiger partial charge in [-0.25, -0.2) is 4.98 Å². The molecule has 1 amide bonds. The van der Waals surface area contributed by atoms with Crippen LogP contribution < -0.4 is 5.73 Å². The van der Waals surface area contributed by atoms with Crippen LogP contribution in [0.4, 0.5) is 0 Å². The molecule has 0 radical (unpaired) electrons. The molecule has 164 valence electrons. The smallest absolute Gasteiger partial charge is 0.224 e. The highest BCUT2D eigenvalue weighted by Gasteiger charge is 2.29. The van der Waals surface area contributed by atoms with Gasteiger partial charge in [0.2, 0.25) is 5.91 Å². The predicted octanol–water partition coefficient (Wildman–Crippen LogP) is 3.26. The molecule has 2 aromatic heterocycles. The number of benzene rings is 1. The number of para-hydroxylation sites is 2. The second-order valence-corrected chi connectivity index (χ2v) is 8.23. The van der Waals surface area contributed by atoms with E-state index in [-0.39, 0.29) is 17.9 Å². The van der Waals surface area contributed by atoms with Gasteiger partial charge >= 0.3 is 0 Å². The Kier molecular flexibility index (Phi) is 6.94. The number of piperidine rings is 1. The van der Waals surface area contributed by atoms with Crippen LogP contribution in [0.25, 0.3) is 11.0 Å². The Hall–Kier alpha value is -2.77. The number of hydrogen-bond donors (Lipinski definition) is 1. The molecule has 0 bridgehead atoms. The Morgan fingerprint density at radius 3 is 2.97 bits per heavy atom. The summed E-state index contributed by atoms with van der Waals surface area (Å²) in [6, 6.07) is 11.7. The van der Waals surface area contributed by atoms with Gasteiger partial charge in [-0.05, 0) is 43.0 Å². The fourth-order valence-electron chi connectivity index (χ4n) is 4.45. The van der Waals surface area contributed by atoms with Crippen LogP contribution in [0.1, 0.15) is 49.0 Å². The van der Waals surface area contributed by atoms with Gasteiger partial charge in [0.25, 0.3) is 0 Å². The standard InChI is InChI=1S/C24H31N5O2/c1-31-14-6-13-29-22-10-3-2-9-21(22)27-24(29)19-8-5-12-28(17-19)23(30)15-20(25)18-7-4-11-26-16-18/h2-4,7,9-11,16,19-20H,5-6,8,12-15,17,25H2,1H3/t19-,20+/m1/s1. The second-order valence-electron chi connectivity index (χ2n) is 8.23. The maximum absolute atomic E-state index is 13.0. The summed E-state index contributed by atoms with van der Waals surface area (Å²) in [6.07, 6.45) is 6.68. The molecule has 0 aliphatic carbocycles. The fraction of sp³-hybridized carbons (Fsp3) is 0.458. The molecule has 7 nitrogen and oxygen atoms in total. The van der Waals surface area contributed by atoms with Crippen molar-refractivity contribution in [1.29, 1.82) is 0 Å². The van der Waals surface area contributed by atoms with Crippen LogP contribution >= 0.6 is 0 Å². The van der Waals surface area contributed by atoms with Gasteiger partial charge in [0.1, 0.15) is 5.82 Å². The zero-order chi connectivity index (χ0) is 21.6. The number of imidazole rings is 1. The molecular formula is C24H31N5O2. The first-order valence-corrected chi connectivity index (χ1v) is 11.0. The zero-order valence-corrected chi connectivity index (χ0v) is 18.1. The van der Waals surface area contributed by atoms with Crippen molar-refractivity contribution in [1.82, 2.24) is 19.4 Å². The van der Waals surface area contributed by atoms with Gasteiger partial charge in [-0.3, -0.25) is 9.78 Å². The molecule has 1 aromatic carbocycles. The van der Waals surface area contributed by atoms with E-state index in [1.54, 1.807) is 19.5 Å². The first-order chi connectivity index (χ1) is 15.2. The van der Waals surface area contributed by atoms with Crippen molar-refractivity contribution in [2.45, 2.75) is 44.2 Å². The van der Waals surface area contributed by atoms with Crippen LogP contribution in [0.5, 0.6) is 0 Å². The maximum atomic E-state index is 13.0. The van der Waals surface area contributed by atoms with Gasteiger partial charge in [0.15, 0.2) is 0 Å². The predicted molar refractivity (Wildman–Crippen MR) is 121 cm³/mol. The first kappa shape index (κ1) is 21.5. The average Bonchev–Trinajstić information content (AvgIpc) is 3.18. The van der Waals surface area contributed by atoms with E-state index >= 15 is 0 Å². The first-order valence-electron chi connectivity index (χ1n) is 11.0. The number of nitrogens with two attached hydrogens (primary N) is 1. The van der Waals surface area contributed by atoms with E-state index in [0.29, 0.717) is 19.6 Å². The number of methoxy groups -OCH3 is 1. The molecule has 1 aliphatic heterocycles. The number of carbonyl (C=O) groups excluding carboxylic acids is 1. The molecule has 1 fully saturated rings. The fourth-order valence-corrected chi connectivity index (χ4v) is 4.45. The number of nitrogens with zero attached hydrogens (tertiary/aromatic N) is 4. The van der Waals surface area contributed by atoms with Gasteiger partial charge in [0, 0.05) is 64.1 Å². The number of carbonyl (C=O) groups is 1. The highest BCUT2D eigenvalue weighted by molar-refractivity contribution is 5.78. The lowest BCUT2D eigenvalue weighted by molar-refractivity contribution is -0.132. The highest BCUT2D eigenvalue weighted by Crippen LogP contribution is 2.30. The number of amides is 1. The van der Waals surface area contributed by atoms with Gasteiger partial charge in [0.05, 0.1) is 11.0 Å². The van der Waals surface area contributed by atoms with E-state index in [1.165, 1.54) is 0 Å². The minimum Gasteiger partial charge on any atom is -0.385 e. The largest absolute Gasteiger partial charge is 0.385 e. The number of pyridine rings is 1. The summed E-state index contributed by atoms with van der Waals surface area (Å²) < 4.78 is 7.57. The van der Waals surface area contributed by atoms with Crippen molar-refractivity contribution in [3.8, 4) is 0 Å². The normalized spacial score (nSPS) is 17.7. The van der Waals surface area contributed by atoms with Crippen LogP contribution in [-0.4, -0.2) is 52.1 Å². The van der Waals surface area contributed by atoms with E-state index in [1.807, 2.05) is 23.1 Å². The van der Waals surface area contributed by atoms with Crippen LogP contribution in [0, 0.1) is 0 Å². The van der Waals surface area contributed by atoms with Crippen LogP contribution in [0.15, 0.2) is 48.8 Å². The molecule has 7 heteroatoms. The van der Waals surface area contributed by atoms with Crippen molar-refractivity contribution in [3.05, 3.63) is 60.2 Å². The summed E-state index contributed by atoms with van der Waals surface area (Å²) in [5.74, 6) is 1.40. The topological polar surface area (TPSA) is 86.3 Å². The number of aryl methyl sites for hydroxylation is 1. The van der Waals surface area contributed by atoms with Gasteiger partial charge in [-0.15, -0.1) is 0 Å². The molecule has 31 heavy (non-hydrogen) atoms. The third-order valence-corrected chi connectivity index (χ3v) is 6.06. The summed E-state index contributed by atoms with van der Waals surface area (Å²) in [4.78, 5) is 24.1. The lowest BCUT2D eigenvalue weighted by atomic mass is 9.96. The number of hydrogen-bond acceptors (Lipinski definition) is 5. The molecule has 3 heterocycles. The van der Waals surface area contributed by atoms with Crippen LogP contribution in [0.3, 0.4) is 0 Å². The summed E-state index contributed by atoms with van der Waals surface area (Å²) in [6.45, 7) is 3.04. The minimum absolute atomic E-state index is 0.100. The van der Waals surface area contributed by atoms with Crippen molar-refractivity contribution in [2.24, 2.45) is 5.73 Å². The molecular weight excluding hydrogens is 390 g/mol. The van der Waals surface area contributed by atoms with E-state index < -0.39 is 0 Å². The maximum Gasteiger partial charge on any atom is 0.224 e. The van der Waals surface area contributed by atoms with Gasteiger partial charge in [-0.2, -0.15) is 0 Å². The molecule has 1 saturated heterocycles. The SMILES string of the molecule is COCCCn1c([C@@H]2CCCN(C(=O)C[C@H](N)c3cccnc3)C2)nc2ccccc21. The number of ether oxygens (including phenoxy) is 1. The number of likely N-dealkylation sites (tertiary alicyclic amines) is 1. The van der Waals surface area contributed by atoms with Gasteiger partial charge < -0.3 is 19.9 Å². The molecule has 2 atom stereocenters. The lowest BCUT2D eigenvalue weighted by Crippen LogP contribution is -2.40. The summed E-state index contributed by atoms with van der Waals surface area (Å²) in [5, 5.41) is 0.